The van der Waals surface area contributed by atoms with Crippen LogP contribution in [0.5, 0.6) is 0 Å². The summed E-state index contributed by atoms with van der Waals surface area (Å²) in [4.78, 5) is 13.5. The van der Waals surface area contributed by atoms with Gasteiger partial charge in [0.05, 0.1) is 38.6 Å². The summed E-state index contributed by atoms with van der Waals surface area (Å²) in [6.45, 7) is 1.59. The molecular weight excluding hydrogens is 1270 g/mol. The van der Waals surface area contributed by atoms with Gasteiger partial charge >= 0.3 is 0 Å². The molecule has 19 nitrogen and oxygen atoms in total. The SMILES string of the molecule is CC/C=C\C/C=C\C/C=C\C/C=C\C/C=C\C/C=C\C/C=C\CCCCCCCCCCCCCCCC(=O)NC(COC1OC(CO)C(OC2OC(CO)C(OC3OC(CO)C(O)C(O)C3O)C(O)C2O)C(O)C1O)C(O)/C=C/CC/C=C/CC/C=C/CCCCCCCCCCCC. The highest BCUT2D eigenvalue weighted by molar-refractivity contribution is 5.76. The van der Waals surface area contributed by atoms with Crippen molar-refractivity contribution in [3.8, 4) is 0 Å². The Labute approximate surface area is 601 Å². The van der Waals surface area contributed by atoms with E-state index in [0.717, 1.165) is 103 Å². The first-order valence-corrected chi connectivity index (χ1v) is 38.8. The number of amides is 1. The fourth-order valence-electron chi connectivity index (χ4n) is 12.3. The number of carbonyl (C=O) groups excluding carboxylic acids is 1. The van der Waals surface area contributed by atoms with Crippen LogP contribution in [0.2, 0.25) is 0 Å². The third-order valence-corrected chi connectivity index (χ3v) is 18.5. The van der Waals surface area contributed by atoms with Gasteiger partial charge in [0, 0.05) is 6.42 Å². The number of aliphatic hydroxyl groups is 11. The molecule has 3 aliphatic heterocycles. The lowest BCUT2D eigenvalue weighted by Crippen LogP contribution is -2.66. The number of carbonyl (C=O) groups is 1. The molecule has 19 heteroatoms. The second-order valence-electron chi connectivity index (χ2n) is 27.1. The summed E-state index contributed by atoms with van der Waals surface area (Å²) < 4.78 is 34.4. The Morgan fingerprint density at radius 2 is 0.700 bits per heavy atom. The predicted octanol–water partition coefficient (Wildman–Crippen LogP) is 12.3. The zero-order valence-electron chi connectivity index (χ0n) is 61.1. The molecule has 0 aromatic rings. The molecule has 12 N–H and O–H groups in total. The topological polar surface area (TPSA) is 307 Å². The van der Waals surface area contributed by atoms with E-state index in [1.54, 1.807) is 6.08 Å². The van der Waals surface area contributed by atoms with E-state index in [0.29, 0.717) is 12.8 Å². The third-order valence-electron chi connectivity index (χ3n) is 18.5. The van der Waals surface area contributed by atoms with E-state index in [1.807, 2.05) is 6.08 Å². The van der Waals surface area contributed by atoms with Crippen LogP contribution >= 0.6 is 0 Å². The molecule has 574 valence electrons. The minimum Gasteiger partial charge on any atom is -0.394 e. The normalized spacial score (nSPS) is 27.1. The molecule has 0 aromatic carbocycles. The first-order chi connectivity index (χ1) is 48.8. The summed E-state index contributed by atoms with van der Waals surface area (Å²) >= 11 is 0. The molecule has 3 rings (SSSR count). The smallest absolute Gasteiger partial charge is 0.220 e. The van der Waals surface area contributed by atoms with E-state index in [-0.39, 0.29) is 18.9 Å². The maximum absolute atomic E-state index is 13.5. The summed E-state index contributed by atoms with van der Waals surface area (Å²) in [6.07, 6.45) is 57.5. The maximum Gasteiger partial charge on any atom is 0.220 e. The number of aliphatic hydroxyl groups excluding tert-OH is 11. The van der Waals surface area contributed by atoms with Crippen molar-refractivity contribution < 1.29 is 89.4 Å². The van der Waals surface area contributed by atoms with Crippen molar-refractivity contribution in [3.63, 3.8) is 0 Å². The molecule has 3 saturated heterocycles. The number of unbranched alkanes of at least 4 members (excludes halogenated alkanes) is 25. The molecule has 0 bridgehead atoms. The van der Waals surface area contributed by atoms with Gasteiger partial charge in [-0.25, -0.2) is 0 Å². The Bertz CT molecular complexity index is 2280. The van der Waals surface area contributed by atoms with Crippen molar-refractivity contribution in [2.24, 2.45) is 0 Å². The average Bonchev–Trinajstić information content (AvgIpc) is 0.783. The van der Waals surface area contributed by atoms with E-state index in [9.17, 15) is 61.0 Å². The molecule has 0 aliphatic carbocycles. The average molecular weight is 1410 g/mol. The summed E-state index contributed by atoms with van der Waals surface area (Å²) in [6, 6.07) is -1.01. The van der Waals surface area contributed by atoms with Crippen LogP contribution in [0.4, 0.5) is 0 Å². The number of ether oxygens (including phenoxy) is 6. The van der Waals surface area contributed by atoms with E-state index < -0.39 is 124 Å². The van der Waals surface area contributed by atoms with Crippen molar-refractivity contribution in [1.82, 2.24) is 5.32 Å². The lowest BCUT2D eigenvalue weighted by molar-refractivity contribution is -0.379. The van der Waals surface area contributed by atoms with Gasteiger partial charge in [-0.2, -0.15) is 0 Å². The summed E-state index contributed by atoms with van der Waals surface area (Å²) in [5.41, 5.74) is 0. The van der Waals surface area contributed by atoms with Gasteiger partial charge in [-0.15, -0.1) is 0 Å². The van der Waals surface area contributed by atoms with Gasteiger partial charge in [0.25, 0.3) is 0 Å². The second-order valence-corrected chi connectivity index (χ2v) is 27.1. The molecule has 1 amide bonds. The summed E-state index contributed by atoms with van der Waals surface area (Å²) in [5.74, 6) is -0.295. The van der Waals surface area contributed by atoms with E-state index in [2.05, 4.69) is 129 Å². The Morgan fingerprint density at radius 3 is 1.12 bits per heavy atom. The van der Waals surface area contributed by atoms with Crippen LogP contribution in [-0.2, 0) is 33.2 Å². The third kappa shape index (κ3) is 40.5. The lowest BCUT2D eigenvalue weighted by atomic mass is 9.96. The van der Waals surface area contributed by atoms with Crippen molar-refractivity contribution in [2.45, 2.75) is 356 Å². The fourth-order valence-corrected chi connectivity index (χ4v) is 12.3. The van der Waals surface area contributed by atoms with Gasteiger partial charge in [0.1, 0.15) is 73.2 Å². The quantitative estimate of drug-likeness (QED) is 0.0199. The predicted molar refractivity (Wildman–Crippen MR) is 397 cm³/mol. The van der Waals surface area contributed by atoms with Gasteiger partial charge in [0.2, 0.25) is 5.91 Å². The molecule has 0 radical (unpaired) electrons. The van der Waals surface area contributed by atoms with Gasteiger partial charge < -0.3 is 89.9 Å². The minimum absolute atomic E-state index is 0.223. The molecule has 100 heavy (non-hydrogen) atoms. The first-order valence-electron chi connectivity index (χ1n) is 38.8. The number of rotatable bonds is 59. The van der Waals surface area contributed by atoms with Gasteiger partial charge in [-0.05, 0) is 103 Å². The molecule has 3 aliphatic rings. The summed E-state index contributed by atoms with van der Waals surface area (Å²) in [7, 11) is 0. The van der Waals surface area contributed by atoms with E-state index >= 15 is 0 Å². The maximum atomic E-state index is 13.5. The van der Waals surface area contributed by atoms with Crippen molar-refractivity contribution in [1.29, 1.82) is 0 Å². The lowest BCUT2D eigenvalue weighted by Gasteiger charge is -2.48. The van der Waals surface area contributed by atoms with Crippen LogP contribution in [0.15, 0.2) is 122 Å². The Morgan fingerprint density at radius 1 is 0.370 bits per heavy atom. The molecule has 0 saturated carbocycles. The monoisotopic (exact) mass is 1410 g/mol. The van der Waals surface area contributed by atoms with E-state index in [4.69, 9.17) is 28.4 Å². The largest absolute Gasteiger partial charge is 0.394 e. The second kappa shape index (κ2) is 60.5. The van der Waals surface area contributed by atoms with Crippen molar-refractivity contribution in [3.05, 3.63) is 122 Å². The number of nitrogens with one attached hydrogen (secondary N) is 1. The number of hydrogen-bond acceptors (Lipinski definition) is 18. The number of hydrogen-bond donors (Lipinski definition) is 12. The minimum atomic E-state index is -1.99. The van der Waals surface area contributed by atoms with Crippen LogP contribution in [0.1, 0.15) is 251 Å². The zero-order chi connectivity index (χ0) is 72.5. The molecule has 17 atom stereocenters. The Balaban J connectivity index is 1.38. The van der Waals surface area contributed by atoms with Crippen LogP contribution < -0.4 is 5.32 Å². The molecule has 3 heterocycles. The van der Waals surface area contributed by atoms with Crippen LogP contribution in [0.3, 0.4) is 0 Å². The fraction of sp³-hybridized carbons (Fsp3) is 0.741. The van der Waals surface area contributed by atoms with Gasteiger partial charge in [0.15, 0.2) is 18.9 Å². The molecule has 17 unspecified atom stereocenters. The highest BCUT2D eigenvalue weighted by Gasteiger charge is 2.53. The molecule has 0 spiro atoms. The number of allylic oxidation sites excluding steroid dienone is 19. The van der Waals surface area contributed by atoms with Gasteiger partial charge in [-0.3, -0.25) is 4.79 Å². The molecule has 0 aromatic heterocycles. The molecular formula is C81H137NO18. The van der Waals surface area contributed by atoms with Gasteiger partial charge in [-0.1, -0.05) is 264 Å². The van der Waals surface area contributed by atoms with Crippen LogP contribution in [-0.4, -0.2) is 193 Å². The van der Waals surface area contributed by atoms with Crippen molar-refractivity contribution >= 4 is 5.91 Å². The van der Waals surface area contributed by atoms with Crippen LogP contribution in [0.25, 0.3) is 0 Å². The highest BCUT2D eigenvalue weighted by Crippen LogP contribution is 2.33. The first kappa shape index (κ1) is 90.4. The van der Waals surface area contributed by atoms with Crippen LogP contribution in [0, 0.1) is 0 Å². The standard InChI is InChI=1S/C81H137NO18/c1-3-5-7-9-11-13-15-17-19-21-23-25-26-27-28-29-30-31-32-33-34-35-36-37-38-39-41-43-45-47-49-51-53-55-57-59-69(87)82-64(65(86)58-56-54-52-50-48-46-44-42-40-24-22-20-18-16-14-12-10-8-6-4-2)63-95-79-75(93)72(90)77(67(61-84)97-79)100-81-76(94)73(91)78(68(62-85)98-81)99-80-74(92)71(89)70(88)66(60-83)96-80/h5,7,11,13,17,19,23,25,27-28,30-31,33-34,40,42,48,50,56,58,64-68,70-81,83-86,88-94H,3-4,6,8-10,12,14-16,18,20-22,24,26,29,32,35-39,41,43-47,49,51-55,57,59-63H2,1-2H3,(H,82,87)/b7-5-,13-11-,19-17-,25-23-,28-27-,31-30-,34-33-,42-40+,50-48+,58-56+. The van der Waals surface area contributed by atoms with E-state index in [1.165, 1.54) is 116 Å². The Kier molecular flexibility index (Phi) is 54.7. The highest BCUT2D eigenvalue weighted by atomic mass is 16.8. The van der Waals surface area contributed by atoms with Crippen molar-refractivity contribution in [2.75, 3.05) is 26.4 Å². The summed E-state index contributed by atoms with van der Waals surface area (Å²) in [5, 5.41) is 121. The molecule has 3 fully saturated rings. The Hall–Kier alpha value is -3.81. The zero-order valence-corrected chi connectivity index (χ0v) is 61.1.